The predicted octanol–water partition coefficient (Wildman–Crippen LogP) is 5.29. The molecule has 30 heavy (non-hydrogen) atoms. The molecule has 8 heteroatoms. The van der Waals surface area contributed by atoms with Crippen molar-refractivity contribution in [3.05, 3.63) is 59.4 Å². The Balaban J connectivity index is 2.15. The lowest BCUT2D eigenvalue weighted by molar-refractivity contribution is 0.139. The van der Waals surface area contributed by atoms with Crippen LogP contribution < -0.4 is 4.74 Å². The van der Waals surface area contributed by atoms with Crippen LogP contribution in [0.5, 0.6) is 5.75 Å². The van der Waals surface area contributed by atoms with Crippen LogP contribution in [0.4, 0.5) is 0 Å². The predicted molar refractivity (Wildman–Crippen MR) is 128 cm³/mol. The third-order valence-corrected chi connectivity index (χ3v) is 10.4. The Morgan fingerprint density at radius 1 is 1.17 bits per heavy atom. The highest BCUT2D eigenvalue weighted by Gasteiger charge is 2.40. The van der Waals surface area contributed by atoms with Gasteiger partial charge < -0.3 is 19.0 Å². The summed E-state index contributed by atoms with van der Waals surface area (Å²) in [5.74, 6) is 0.819. The van der Waals surface area contributed by atoms with Crippen molar-refractivity contribution in [2.75, 3.05) is 19.7 Å². The first-order valence-electron chi connectivity index (χ1n) is 10.4. The summed E-state index contributed by atoms with van der Waals surface area (Å²) in [5.41, 5.74) is 0.957. The Kier molecular flexibility index (Phi) is 8.94. The number of rotatable bonds is 10. The van der Waals surface area contributed by atoms with E-state index < -0.39 is 15.4 Å². The maximum Gasteiger partial charge on any atom is 0.376 e. The van der Waals surface area contributed by atoms with Gasteiger partial charge in [-0.15, -0.1) is 0 Å². The topological polar surface area (TPSA) is 54.8 Å². The molecule has 1 heterocycles. The van der Waals surface area contributed by atoms with Crippen molar-refractivity contribution >= 4 is 27.0 Å². The van der Waals surface area contributed by atoms with E-state index in [1.165, 1.54) is 0 Å². The second kappa shape index (κ2) is 10.8. The largest absolute Gasteiger partial charge is 0.492 e. The van der Waals surface area contributed by atoms with Crippen molar-refractivity contribution in [2.24, 2.45) is 0 Å². The number of ether oxygens (including phenoxy) is 1. The molecule has 1 atom stereocenters. The van der Waals surface area contributed by atoms with Gasteiger partial charge in [0.2, 0.25) is 0 Å². The molecule has 0 spiro atoms. The smallest absolute Gasteiger partial charge is 0.376 e. The summed E-state index contributed by atoms with van der Waals surface area (Å²) in [5, 5.41) is 10.9. The molecule has 1 N–H and O–H groups in total. The second-order valence-electron chi connectivity index (χ2n) is 9.07. The fourth-order valence-electron chi connectivity index (χ4n) is 2.76. The highest BCUT2D eigenvalue weighted by atomic mass is 35.5. The molecule has 0 unspecified atom stereocenters. The van der Waals surface area contributed by atoms with Crippen molar-refractivity contribution in [1.29, 1.82) is 0 Å². The van der Waals surface area contributed by atoms with Crippen molar-refractivity contribution in [2.45, 2.75) is 51.8 Å². The third-order valence-electron chi connectivity index (χ3n) is 5.68. The van der Waals surface area contributed by atoms with Gasteiger partial charge >= 0.3 is 7.05 Å². The molecular weight excluding hydrogens is 415 g/mol. The van der Waals surface area contributed by atoms with Gasteiger partial charge in [0, 0.05) is 19.3 Å². The Labute approximate surface area is 187 Å². The zero-order valence-electron chi connectivity index (χ0n) is 18.9. The van der Waals surface area contributed by atoms with E-state index in [4.69, 9.17) is 20.8 Å². The lowest BCUT2D eigenvalue weighted by atomic mass is 9.84. The van der Waals surface area contributed by atoms with Crippen LogP contribution in [0.2, 0.25) is 30.1 Å². The van der Waals surface area contributed by atoms with E-state index in [1.54, 1.807) is 19.1 Å². The van der Waals surface area contributed by atoms with E-state index in [2.05, 4.69) is 38.8 Å². The van der Waals surface area contributed by atoms with Crippen LogP contribution in [-0.4, -0.2) is 49.9 Å². The molecule has 2 aromatic rings. The normalized spacial score (nSPS) is 13.4. The van der Waals surface area contributed by atoms with Gasteiger partial charge in [0.05, 0.1) is 12.7 Å². The van der Waals surface area contributed by atoms with E-state index in [-0.39, 0.29) is 11.1 Å². The minimum absolute atomic E-state index is 0.0667. The Bertz CT molecular complexity index is 770. The molecule has 164 valence electrons. The van der Waals surface area contributed by atoms with E-state index >= 15 is 0 Å². The zero-order valence-corrected chi connectivity index (χ0v) is 20.7. The van der Waals surface area contributed by atoms with Gasteiger partial charge in [0.15, 0.2) is 8.32 Å². The minimum atomic E-state index is -2.05. The number of pyridine rings is 1. The van der Waals surface area contributed by atoms with Crippen molar-refractivity contribution in [3.8, 4) is 5.75 Å². The summed E-state index contributed by atoms with van der Waals surface area (Å²) in [6, 6.07) is 13.4. The average Bonchev–Trinajstić information content (AvgIpc) is 2.66. The van der Waals surface area contributed by atoms with Crippen LogP contribution >= 0.6 is 11.6 Å². The molecule has 0 radical (unpaired) electrons. The summed E-state index contributed by atoms with van der Waals surface area (Å²) in [4.78, 5) is 6.21. The maximum absolute atomic E-state index is 10.4. The van der Waals surface area contributed by atoms with E-state index in [0.29, 0.717) is 24.8 Å². The van der Waals surface area contributed by atoms with Crippen LogP contribution in [0, 0.1) is 0 Å². The Hall–Kier alpha value is -1.38. The van der Waals surface area contributed by atoms with E-state index in [1.807, 2.05) is 41.2 Å². The number of hydrogen-bond acceptors (Lipinski definition) is 5. The minimum Gasteiger partial charge on any atom is -0.492 e. The van der Waals surface area contributed by atoms with Crippen LogP contribution in [0.1, 0.15) is 32.4 Å². The van der Waals surface area contributed by atoms with E-state index in [9.17, 15) is 5.02 Å². The second-order valence-corrected chi connectivity index (χ2v) is 14.2. The van der Waals surface area contributed by atoms with E-state index in [0.717, 1.165) is 11.3 Å². The van der Waals surface area contributed by atoms with Gasteiger partial charge in [-0.25, -0.2) is 4.98 Å². The molecule has 1 aromatic heterocycles. The van der Waals surface area contributed by atoms with Gasteiger partial charge in [-0.3, -0.25) is 0 Å². The number of nitrogens with zero attached hydrogens (tertiary/aromatic N) is 2. The molecule has 0 bridgehead atoms. The van der Waals surface area contributed by atoms with Gasteiger partial charge in [0.25, 0.3) is 0 Å². The first-order chi connectivity index (χ1) is 14.0. The summed E-state index contributed by atoms with van der Waals surface area (Å²) in [6.45, 7) is 14.5. The van der Waals surface area contributed by atoms with Crippen LogP contribution in [0.3, 0.4) is 0 Å². The molecule has 1 aromatic carbocycles. The van der Waals surface area contributed by atoms with Crippen molar-refractivity contribution in [1.82, 2.24) is 9.79 Å². The van der Waals surface area contributed by atoms with Gasteiger partial charge in [-0.2, -0.15) is 0 Å². The fraction of sp³-hybridized carbons (Fsp3) is 0.500. The number of benzene rings is 1. The summed E-state index contributed by atoms with van der Waals surface area (Å²) < 4.78 is 12.6. The van der Waals surface area contributed by atoms with Gasteiger partial charge in [0.1, 0.15) is 10.9 Å². The highest BCUT2D eigenvalue weighted by molar-refractivity contribution is 6.74. The standard InChI is InChI=1S/C22H34BClN2O3Si/c1-22(2,3)30(5,6)29-20(18-12-13-21(24)25-16-18)17-26(23(4)27)14-15-28-19-10-8-7-9-11-19/h7-13,16,20,27H,14-15,17H2,1-6H3/t20-/m0/s1. The van der Waals surface area contributed by atoms with Crippen LogP contribution in [0.25, 0.3) is 0 Å². The molecule has 5 nitrogen and oxygen atoms in total. The Morgan fingerprint density at radius 3 is 2.37 bits per heavy atom. The number of halogens is 1. The van der Waals surface area contributed by atoms with Crippen molar-refractivity contribution in [3.63, 3.8) is 0 Å². The first kappa shape index (κ1) is 24.9. The van der Waals surface area contributed by atoms with Crippen LogP contribution in [-0.2, 0) is 4.43 Å². The number of para-hydroxylation sites is 1. The maximum atomic E-state index is 10.4. The van der Waals surface area contributed by atoms with Gasteiger partial charge in [-0.05, 0) is 48.7 Å². The molecule has 0 fully saturated rings. The molecular formula is C22H34BClN2O3Si. The summed E-state index contributed by atoms with van der Waals surface area (Å²) >= 11 is 5.99. The zero-order chi connectivity index (χ0) is 22.4. The monoisotopic (exact) mass is 448 g/mol. The molecule has 0 aliphatic rings. The van der Waals surface area contributed by atoms with Crippen LogP contribution in [0.15, 0.2) is 48.7 Å². The summed E-state index contributed by atoms with van der Waals surface area (Å²) in [6.07, 6.45) is 1.54. The number of aromatic nitrogens is 1. The van der Waals surface area contributed by atoms with Gasteiger partial charge in [-0.1, -0.05) is 56.6 Å². The molecule has 0 aliphatic heterocycles. The lowest BCUT2D eigenvalue weighted by Gasteiger charge is -2.40. The lowest BCUT2D eigenvalue weighted by Crippen LogP contribution is -2.47. The molecule has 2 rings (SSSR count). The fourth-order valence-corrected chi connectivity index (χ4v) is 4.15. The summed E-state index contributed by atoms with van der Waals surface area (Å²) in [7, 11) is -2.68. The molecule has 0 amide bonds. The number of hydrogen-bond donors (Lipinski definition) is 1. The third kappa shape index (κ3) is 7.39. The molecule has 0 saturated heterocycles. The first-order valence-corrected chi connectivity index (χ1v) is 13.7. The quantitative estimate of drug-likeness (QED) is 0.395. The molecule has 0 aliphatic carbocycles. The SMILES string of the molecule is CB(O)N(CCOc1ccccc1)C[C@H](O[Si](C)(C)C(C)(C)C)c1ccc(Cl)nc1. The Morgan fingerprint density at radius 2 is 1.83 bits per heavy atom. The highest BCUT2D eigenvalue weighted by Crippen LogP contribution is 2.40. The molecule has 0 saturated carbocycles. The average molecular weight is 449 g/mol. The van der Waals surface area contributed by atoms with Crippen molar-refractivity contribution < 1.29 is 14.2 Å².